The molecule has 0 bridgehead atoms. The molecule has 0 saturated carbocycles. The van der Waals surface area contributed by atoms with Gasteiger partial charge in [-0.3, -0.25) is 9.36 Å². The number of morpholine rings is 1. The van der Waals surface area contributed by atoms with E-state index >= 15 is 0 Å². The standard InChI is InChI=1S/C19H27N5O2S/c1-13-5-6-16(11-14(13)2)15(3)20-17(25)12-27-19-22-21-18(23(19)4)24-7-9-26-10-8-24/h5-6,11,15H,7-10,12H2,1-4H3,(H,20,25). The van der Waals surface area contributed by atoms with Crippen molar-refractivity contribution in [2.75, 3.05) is 37.0 Å². The van der Waals surface area contributed by atoms with Crippen LogP contribution in [0.2, 0.25) is 0 Å². The summed E-state index contributed by atoms with van der Waals surface area (Å²) in [6.45, 7) is 9.21. The van der Waals surface area contributed by atoms with Crippen molar-refractivity contribution in [3.05, 3.63) is 34.9 Å². The summed E-state index contributed by atoms with van der Waals surface area (Å²) in [7, 11) is 1.93. The molecule has 1 N–H and O–H groups in total. The molecule has 2 aromatic rings. The van der Waals surface area contributed by atoms with Crippen LogP contribution in [0.5, 0.6) is 0 Å². The van der Waals surface area contributed by atoms with Gasteiger partial charge in [-0.05, 0) is 37.5 Å². The lowest BCUT2D eigenvalue weighted by atomic mass is 10.0. The Bertz CT molecular complexity index is 801. The van der Waals surface area contributed by atoms with Crippen LogP contribution in [-0.4, -0.2) is 52.7 Å². The Morgan fingerprint density at radius 2 is 2.00 bits per heavy atom. The van der Waals surface area contributed by atoms with Gasteiger partial charge in [0, 0.05) is 20.1 Å². The second-order valence-corrected chi connectivity index (χ2v) is 7.81. The minimum atomic E-state index is -0.0270. The van der Waals surface area contributed by atoms with Crippen LogP contribution in [-0.2, 0) is 16.6 Å². The number of aromatic nitrogens is 3. The number of ether oxygens (including phenoxy) is 1. The predicted octanol–water partition coefficient (Wildman–Crippen LogP) is 2.24. The summed E-state index contributed by atoms with van der Waals surface area (Å²) in [5.74, 6) is 1.12. The second kappa shape index (κ2) is 8.75. The zero-order valence-corrected chi connectivity index (χ0v) is 17.2. The molecule has 146 valence electrons. The first-order valence-corrected chi connectivity index (χ1v) is 10.2. The predicted molar refractivity (Wildman–Crippen MR) is 107 cm³/mol. The van der Waals surface area contributed by atoms with E-state index in [4.69, 9.17) is 4.74 Å². The van der Waals surface area contributed by atoms with Gasteiger partial charge in [0.2, 0.25) is 11.9 Å². The number of hydrogen-bond acceptors (Lipinski definition) is 6. The highest BCUT2D eigenvalue weighted by molar-refractivity contribution is 7.99. The van der Waals surface area contributed by atoms with Gasteiger partial charge in [-0.1, -0.05) is 30.0 Å². The molecule has 1 aliphatic rings. The highest BCUT2D eigenvalue weighted by Gasteiger charge is 2.19. The van der Waals surface area contributed by atoms with Crippen LogP contribution in [0.4, 0.5) is 5.95 Å². The smallest absolute Gasteiger partial charge is 0.230 e. The number of hydrogen-bond donors (Lipinski definition) is 1. The molecule has 1 atom stereocenters. The van der Waals surface area contributed by atoms with Gasteiger partial charge in [-0.15, -0.1) is 10.2 Å². The Labute approximate surface area is 164 Å². The molecule has 1 unspecified atom stereocenters. The highest BCUT2D eigenvalue weighted by Crippen LogP contribution is 2.22. The molecule has 0 aliphatic carbocycles. The monoisotopic (exact) mass is 389 g/mol. The molecule has 1 fully saturated rings. The van der Waals surface area contributed by atoms with Crippen molar-refractivity contribution in [2.45, 2.75) is 32.0 Å². The fourth-order valence-electron chi connectivity index (χ4n) is 3.00. The maximum Gasteiger partial charge on any atom is 0.230 e. The molecule has 2 heterocycles. The fraction of sp³-hybridized carbons (Fsp3) is 0.526. The average Bonchev–Trinajstić information content (AvgIpc) is 3.03. The van der Waals surface area contributed by atoms with Gasteiger partial charge in [0.15, 0.2) is 5.16 Å². The van der Waals surface area contributed by atoms with Gasteiger partial charge in [0.1, 0.15) is 0 Å². The van der Waals surface area contributed by atoms with E-state index in [-0.39, 0.29) is 11.9 Å². The lowest BCUT2D eigenvalue weighted by Crippen LogP contribution is -2.37. The number of nitrogens with one attached hydrogen (secondary N) is 1. The van der Waals surface area contributed by atoms with Crippen LogP contribution in [0.1, 0.15) is 29.7 Å². The summed E-state index contributed by atoms with van der Waals surface area (Å²) >= 11 is 1.40. The van der Waals surface area contributed by atoms with Crippen molar-refractivity contribution in [2.24, 2.45) is 7.05 Å². The molecule has 1 aromatic carbocycles. The first-order valence-electron chi connectivity index (χ1n) is 9.17. The van der Waals surface area contributed by atoms with Crippen molar-refractivity contribution >= 4 is 23.6 Å². The van der Waals surface area contributed by atoms with E-state index in [1.807, 2.05) is 18.5 Å². The third-order valence-electron chi connectivity index (χ3n) is 4.85. The Balaban J connectivity index is 1.54. The number of rotatable bonds is 6. The maximum absolute atomic E-state index is 12.4. The summed E-state index contributed by atoms with van der Waals surface area (Å²) < 4.78 is 7.32. The van der Waals surface area contributed by atoms with Crippen LogP contribution >= 0.6 is 11.8 Å². The van der Waals surface area contributed by atoms with Crippen molar-refractivity contribution < 1.29 is 9.53 Å². The molecule has 0 spiro atoms. The van der Waals surface area contributed by atoms with Crippen LogP contribution in [0, 0.1) is 13.8 Å². The largest absolute Gasteiger partial charge is 0.378 e. The lowest BCUT2D eigenvalue weighted by molar-refractivity contribution is -0.119. The quantitative estimate of drug-likeness (QED) is 0.764. The molecule has 3 rings (SSSR count). The molecule has 1 amide bonds. The number of benzene rings is 1. The first-order chi connectivity index (χ1) is 13.0. The number of aryl methyl sites for hydroxylation is 2. The van der Waals surface area contributed by atoms with Crippen LogP contribution < -0.4 is 10.2 Å². The van der Waals surface area contributed by atoms with Crippen LogP contribution in [0.3, 0.4) is 0 Å². The molecular weight excluding hydrogens is 362 g/mol. The molecule has 7 nitrogen and oxygen atoms in total. The van der Waals surface area contributed by atoms with E-state index < -0.39 is 0 Å². The normalized spacial score (nSPS) is 15.6. The summed E-state index contributed by atoms with van der Waals surface area (Å²) in [5, 5.41) is 12.3. The molecular formula is C19H27N5O2S. The third kappa shape index (κ3) is 4.81. The van der Waals surface area contributed by atoms with E-state index in [1.54, 1.807) is 0 Å². The van der Waals surface area contributed by atoms with Gasteiger partial charge < -0.3 is 15.0 Å². The SMILES string of the molecule is Cc1ccc(C(C)NC(=O)CSc2nnc(N3CCOCC3)n2C)cc1C. The van der Waals surface area contributed by atoms with E-state index in [1.165, 1.54) is 22.9 Å². The Hall–Kier alpha value is -2.06. The van der Waals surface area contributed by atoms with Gasteiger partial charge in [-0.2, -0.15) is 0 Å². The molecule has 27 heavy (non-hydrogen) atoms. The van der Waals surface area contributed by atoms with E-state index in [0.29, 0.717) is 19.0 Å². The van der Waals surface area contributed by atoms with Crippen molar-refractivity contribution in [1.29, 1.82) is 0 Å². The Morgan fingerprint density at radius 3 is 2.70 bits per heavy atom. The molecule has 8 heteroatoms. The van der Waals surface area contributed by atoms with E-state index in [9.17, 15) is 4.79 Å². The summed E-state index contributed by atoms with van der Waals surface area (Å²) in [4.78, 5) is 14.5. The number of thioether (sulfide) groups is 1. The van der Waals surface area contributed by atoms with E-state index in [0.717, 1.165) is 29.8 Å². The number of carbonyl (C=O) groups is 1. The summed E-state index contributed by atoms with van der Waals surface area (Å²) in [6, 6.07) is 6.26. The first kappa shape index (κ1) is 19.7. The van der Waals surface area contributed by atoms with Crippen molar-refractivity contribution in [3.63, 3.8) is 0 Å². The van der Waals surface area contributed by atoms with Gasteiger partial charge in [0.05, 0.1) is 25.0 Å². The second-order valence-electron chi connectivity index (χ2n) is 6.86. The molecule has 0 radical (unpaired) electrons. The van der Waals surface area contributed by atoms with Gasteiger partial charge in [0.25, 0.3) is 0 Å². The fourth-order valence-corrected chi connectivity index (χ4v) is 3.72. The van der Waals surface area contributed by atoms with Gasteiger partial charge >= 0.3 is 0 Å². The Morgan fingerprint density at radius 1 is 1.26 bits per heavy atom. The number of anilines is 1. The summed E-state index contributed by atoms with van der Waals surface area (Å²) in [5.41, 5.74) is 3.61. The maximum atomic E-state index is 12.4. The lowest BCUT2D eigenvalue weighted by Gasteiger charge is -2.27. The summed E-state index contributed by atoms with van der Waals surface area (Å²) in [6.07, 6.45) is 0. The van der Waals surface area contributed by atoms with Crippen LogP contribution in [0.15, 0.2) is 23.4 Å². The third-order valence-corrected chi connectivity index (χ3v) is 5.87. The Kier molecular flexibility index (Phi) is 6.38. The molecule has 1 saturated heterocycles. The number of amides is 1. The molecule has 1 aliphatic heterocycles. The topological polar surface area (TPSA) is 72.3 Å². The molecule has 1 aromatic heterocycles. The van der Waals surface area contributed by atoms with E-state index in [2.05, 4.69) is 52.5 Å². The zero-order valence-electron chi connectivity index (χ0n) is 16.4. The number of nitrogens with zero attached hydrogens (tertiary/aromatic N) is 4. The number of carbonyl (C=O) groups excluding carboxylic acids is 1. The minimum absolute atomic E-state index is 0.0124. The highest BCUT2D eigenvalue weighted by atomic mass is 32.2. The van der Waals surface area contributed by atoms with Gasteiger partial charge in [-0.25, -0.2) is 0 Å². The minimum Gasteiger partial charge on any atom is -0.378 e. The zero-order chi connectivity index (χ0) is 19.4. The van der Waals surface area contributed by atoms with Crippen LogP contribution in [0.25, 0.3) is 0 Å². The van der Waals surface area contributed by atoms with Crippen molar-refractivity contribution in [3.8, 4) is 0 Å². The van der Waals surface area contributed by atoms with Crippen molar-refractivity contribution in [1.82, 2.24) is 20.1 Å². The average molecular weight is 390 g/mol.